The van der Waals surface area contributed by atoms with Crippen molar-refractivity contribution in [2.45, 2.75) is 13.0 Å². The van der Waals surface area contributed by atoms with E-state index in [9.17, 15) is 0 Å². The van der Waals surface area contributed by atoms with Crippen LogP contribution in [-0.2, 0) is 6.54 Å². The van der Waals surface area contributed by atoms with Gasteiger partial charge in [-0.3, -0.25) is 4.90 Å². The Kier molecular flexibility index (Phi) is 1.91. The molecule has 1 aromatic heterocycles. The summed E-state index contributed by atoms with van der Waals surface area (Å²) < 4.78 is 0. The maximum Gasteiger partial charge on any atom is 0.219 e. The second-order valence-corrected chi connectivity index (χ2v) is 3.08. The highest BCUT2D eigenvalue weighted by atomic mass is 15.2. The van der Waals surface area contributed by atoms with Crippen LogP contribution >= 0.6 is 0 Å². The Morgan fingerprint density at radius 3 is 2.50 bits per heavy atom. The van der Waals surface area contributed by atoms with Crippen LogP contribution in [0, 0.1) is 0 Å². The van der Waals surface area contributed by atoms with E-state index in [2.05, 4.69) is 14.9 Å². The van der Waals surface area contributed by atoms with Gasteiger partial charge in [0.2, 0.25) is 5.95 Å². The minimum atomic E-state index is 0.349. The fraction of sp³-hybridized carbons (Fsp3) is 0.500. The molecule has 2 heterocycles. The monoisotopic (exact) mass is 164 g/mol. The fourth-order valence-electron chi connectivity index (χ4n) is 1.24. The summed E-state index contributed by atoms with van der Waals surface area (Å²) in [6.45, 7) is 3.36. The summed E-state index contributed by atoms with van der Waals surface area (Å²) in [5, 5.41) is 0. The van der Waals surface area contributed by atoms with E-state index in [-0.39, 0.29) is 0 Å². The molecule has 1 aromatic rings. The summed E-state index contributed by atoms with van der Waals surface area (Å²) in [5.41, 5.74) is 6.51. The molecule has 2 N–H and O–H groups in total. The Morgan fingerprint density at radius 2 is 2.00 bits per heavy atom. The third-order valence-corrected chi connectivity index (χ3v) is 2.08. The summed E-state index contributed by atoms with van der Waals surface area (Å²) in [5.74, 6) is 0.349. The van der Waals surface area contributed by atoms with E-state index < -0.39 is 0 Å². The zero-order valence-corrected chi connectivity index (χ0v) is 6.90. The summed E-state index contributed by atoms with van der Waals surface area (Å²) in [6, 6.07) is 0. The quantitative estimate of drug-likeness (QED) is 0.681. The van der Waals surface area contributed by atoms with Crippen molar-refractivity contribution < 1.29 is 0 Å². The van der Waals surface area contributed by atoms with Gasteiger partial charge < -0.3 is 5.73 Å². The van der Waals surface area contributed by atoms with Crippen molar-refractivity contribution in [3.63, 3.8) is 0 Å². The van der Waals surface area contributed by atoms with Gasteiger partial charge in [0.15, 0.2) is 0 Å². The van der Waals surface area contributed by atoms with Crippen LogP contribution in [0.15, 0.2) is 12.4 Å². The number of anilines is 1. The number of rotatable bonds is 2. The first-order chi connectivity index (χ1) is 5.84. The first kappa shape index (κ1) is 7.49. The molecule has 0 atom stereocenters. The van der Waals surface area contributed by atoms with Gasteiger partial charge in [-0.05, 0) is 19.5 Å². The smallest absolute Gasteiger partial charge is 0.219 e. The minimum absolute atomic E-state index is 0.349. The van der Waals surface area contributed by atoms with E-state index in [0.717, 1.165) is 12.1 Å². The second kappa shape index (κ2) is 3.06. The predicted octanol–water partition coefficient (Wildman–Crippen LogP) is 0.264. The number of likely N-dealkylation sites (tertiary alicyclic amines) is 1. The number of nitrogen functional groups attached to an aromatic ring is 1. The molecule has 0 spiro atoms. The predicted molar refractivity (Wildman–Crippen MR) is 46.3 cm³/mol. The molecule has 0 unspecified atom stereocenters. The van der Waals surface area contributed by atoms with Crippen LogP contribution in [0.4, 0.5) is 5.95 Å². The van der Waals surface area contributed by atoms with Crippen LogP contribution in [0.25, 0.3) is 0 Å². The number of nitrogens with two attached hydrogens (primary N) is 1. The van der Waals surface area contributed by atoms with Gasteiger partial charge in [-0.15, -0.1) is 0 Å². The third kappa shape index (κ3) is 1.53. The van der Waals surface area contributed by atoms with E-state index in [4.69, 9.17) is 5.73 Å². The van der Waals surface area contributed by atoms with E-state index in [1.165, 1.54) is 19.5 Å². The van der Waals surface area contributed by atoms with E-state index in [1.807, 2.05) is 0 Å². The number of aromatic nitrogens is 2. The van der Waals surface area contributed by atoms with Gasteiger partial charge >= 0.3 is 0 Å². The van der Waals surface area contributed by atoms with Gasteiger partial charge in [-0.25, -0.2) is 9.97 Å². The number of hydrogen-bond donors (Lipinski definition) is 1. The van der Waals surface area contributed by atoms with Gasteiger partial charge in [-0.2, -0.15) is 0 Å². The Morgan fingerprint density at radius 1 is 1.33 bits per heavy atom. The molecule has 0 radical (unpaired) electrons. The molecular formula is C8H12N4. The van der Waals surface area contributed by atoms with Gasteiger partial charge in [0.25, 0.3) is 0 Å². The van der Waals surface area contributed by atoms with Crippen LogP contribution in [-0.4, -0.2) is 28.0 Å². The van der Waals surface area contributed by atoms with Crippen LogP contribution < -0.4 is 5.73 Å². The zero-order valence-electron chi connectivity index (χ0n) is 6.90. The highest BCUT2D eigenvalue weighted by Gasteiger charge is 2.13. The third-order valence-electron chi connectivity index (χ3n) is 2.08. The summed E-state index contributed by atoms with van der Waals surface area (Å²) in [4.78, 5) is 10.2. The second-order valence-electron chi connectivity index (χ2n) is 3.08. The summed E-state index contributed by atoms with van der Waals surface area (Å²) in [6.07, 6.45) is 4.90. The SMILES string of the molecule is Nc1ncc(CN2CCC2)cn1. The van der Waals surface area contributed by atoms with Crippen LogP contribution in [0.3, 0.4) is 0 Å². The lowest BCUT2D eigenvalue weighted by molar-refractivity contribution is 0.172. The molecule has 0 bridgehead atoms. The Hall–Kier alpha value is -1.16. The lowest BCUT2D eigenvalue weighted by atomic mass is 10.2. The molecule has 2 rings (SSSR count). The van der Waals surface area contributed by atoms with E-state index in [0.29, 0.717) is 5.95 Å². The van der Waals surface area contributed by atoms with Crippen molar-refractivity contribution in [1.29, 1.82) is 0 Å². The highest BCUT2D eigenvalue weighted by molar-refractivity contribution is 5.17. The summed E-state index contributed by atoms with van der Waals surface area (Å²) in [7, 11) is 0. The highest BCUT2D eigenvalue weighted by Crippen LogP contribution is 2.10. The van der Waals surface area contributed by atoms with Gasteiger partial charge in [0.05, 0.1) is 0 Å². The molecule has 1 aliphatic rings. The molecule has 0 saturated carbocycles. The molecule has 1 saturated heterocycles. The Balaban J connectivity index is 1.98. The van der Waals surface area contributed by atoms with Crippen molar-refractivity contribution in [2.75, 3.05) is 18.8 Å². The summed E-state index contributed by atoms with van der Waals surface area (Å²) >= 11 is 0. The fourth-order valence-corrected chi connectivity index (χ4v) is 1.24. The maximum absolute atomic E-state index is 5.37. The molecule has 0 amide bonds. The molecule has 1 aliphatic heterocycles. The lowest BCUT2D eigenvalue weighted by Gasteiger charge is -2.30. The topological polar surface area (TPSA) is 55.0 Å². The Bertz CT molecular complexity index is 252. The largest absolute Gasteiger partial charge is 0.368 e. The van der Waals surface area contributed by atoms with E-state index in [1.54, 1.807) is 12.4 Å². The minimum Gasteiger partial charge on any atom is -0.368 e. The molecule has 0 aromatic carbocycles. The average molecular weight is 164 g/mol. The maximum atomic E-state index is 5.37. The van der Waals surface area contributed by atoms with Crippen molar-refractivity contribution in [3.05, 3.63) is 18.0 Å². The number of nitrogens with zero attached hydrogens (tertiary/aromatic N) is 3. The molecule has 12 heavy (non-hydrogen) atoms. The van der Waals surface area contributed by atoms with Crippen molar-refractivity contribution in [2.24, 2.45) is 0 Å². The van der Waals surface area contributed by atoms with Gasteiger partial charge in [-0.1, -0.05) is 0 Å². The van der Waals surface area contributed by atoms with Gasteiger partial charge in [0.1, 0.15) is 0 Å². The molecule has 4 nitrogen and oxygen atoms in total. The van der Waals surface area contributed by atoms with Crippen LogP contribution in [0.5, 0.6) is 0 Å². The van der Waals surface area contributed by atoms with Crippen LogP contribution in [0.1, 0.15) is 12.0 Å². The first-order valence-electron chi connectivity index (χ1n) is 4.13. The van der Waals surface area contributed by atoms with Crippen molar-refractivity contribution in [1.82, 2.24) is 14.9 Å². The standard InChI is InChI=1S/C8H12N4/c9-8-10-4-7(5-11-8)6-12-2-1-3-12/h4-5H,1-3,6H2,(H2,9,10,11). The van der Waals surface area contributed by atoms with E-state index >= 15 is 0 Å². The average Bonchev–Trinajstić information content (AvgIpc) is 2.00. The zero-order chi connectivity index (χ0) is 8.39. The normalized spacial score (nSPS) is 17.3. The van der Waals surface area contributed by atoms with Crippen LogP contribution in [0.2, 0.25) is 0 Å². The van der Waals surface area contributed by atoms with Crippen molar-refractivity contribution >= 4 is 5.95 Å². The van der Waals surface area contributed by atoms with Gasteiger partial charge in [0, 0.05) is 24.5 Å². The Labute approximate surface area is 71.4 Å². The molecule has 0 aliphatic carbocycles. The molecular weight excluding hydrogens is 152 g/mol. The lowest BCUT2D eigenvalue weighted by Crippen LogP contribution is -2.36. The molecule has 64 valence electrons. The molecule has 4 heteroatoms. The molecule has 1 fully saturated rings. The van der Waals surface area contributed by atoms with Crippen molar-refractivity contribution in [3.8, 4) is 0 Å². The first-order valence-corrected chi connectivity index (χ1v) is 4.13. The number of hydrogen-bond acceptors (Lipinski definition) is 4.